The van der Waals surface area contributed by atoms with Crippen LogP contribution >= 0.6 is 15.9 Å². The number of aryl methyl sites for hydroxylation is 1. The van der Waals surface area contributed by atoms with Crippen molar-refractivity contribution in [1.29, 1.82) is 0 Å². The molecule has 0 atom stereocenters. The fourth-order valence-electron chi connectivity index (χ4n) is 1.68. The normalized spacial score (nSPS) is 17.1. The molecule has 1 heterocycles. The molecule has 1 aliphatic heterocycles. The topological polar surface area (TPSA) is 12.5 Å². The van der Waals surface area contributed by atoms with Gasteiger partial charge in [-0.2, -0.15) is 0 Å². The second kappa shape index (κ2) is 4.32. The lowest BCUT2D eigenvalue weighted by atomic mass is 10.2. The Hall–Kier alpha value is -0.540. The summed E-state index contributed by atoms with van der Waals surface area (Å²) in [6, 6.07) is 6.38. The lowest BCUT2D eigenvalue weighted by molar-refractivity contribution is 0.122. The maximum atomic E-state index is 5.33. The summed E-state index contributed by atoms with van der Waals surface area (Å²) in [5.74, 6) is 0. The first-order valence-corrected chi connectivity index (χ1v) is 5.66. The zero-order chi connectivity index (χ0) is 9.97. The highest BCUT2D eigenvalue weighted by molar-refractivity contribution is 9.10. The summed E-state index contributed by atoms with van der Waals surface area (Å²) < 4.78 is 6.54. The summed E-state index contributed by atoms with van der Waals surface area (Å²) in [6.07, 6.45) is 0. The summed E-state index contributed by atoms with van der Waals surface area (Å²) >= 11 is 3.63. The summed E-state index contributed by atoms with van der Waals surface area (Å²) in [7, 11) is 0. The number of hydrogen-bond donors (Lipinski definition) is 0. The van der Waals surface area contributed by atoms with E-state index in [2.05, 4.69) is 46.0 Å². The predicted octanol–water partition coefficient (Wildman–Crippen LogP) is 2.59. The standard InChI is InChI=1S/C11H14BrNO/c1-9-3-2-4-10(11(9)12)13-5-7-14-8-6-13/h2-4H,5-8H2,1H3. The molecule has 1 saturated heterocycles. The highest BCUT2D eigenvalue weighted by atomic mass is 79.9. The van der Waals surface area contributed by atoms with Crippen LogP contribution in [0.4, 0.5) is 5.69 Å². The number of rotatable bonds is 1. The van der Waals surface area contributed by atoms with E-state index >= 15 is 0 Å². The summed E-state index contributed by atoms with van der Waals surface area (Å²) in [5.41, 5.74) is 2.57. The van der Waals surface area contributed by atoms with Gasteiger partial charge >= 0.3 is 0 Å². The third kappa shape index (κ3) is 1.93. The van der Waals surface area contributed by atoms with Crippen molar-refractivity contribution in [2.75, 3.05) is 31.2 Å². The largest absolute Gasteiger partial charge is 0.378 e. The van der Waals surface area contributed by atoms with Crippen LogP contribution in [0.15, 0.2) is 22.7 Å². The van der Waals surface area contributed by atoms with Crippen molar-refractivity contribution in [1.82, 2.24) is 0 Å². The van der Waals surface area contributed by atoms with Gasteiger partial charge in [0.2, 0.25) is 0 Å². The van der Waals surface area contributed by atoms with E-state index in [-0.39, 0.29) is 0 Å². The zero-order valence-corrected chi connectivity index (χ0v) is 9.88. The minimum absolute atomic E-state index is 0.834. The first-order valence-electron chi connectivity index (χ1n) is 4.87. The molecular weight excluding hydrogens is 242 g/mol. The molecule has 0 N–H and O–H groups in total. The third-order valence-corrected chi connectivity index (χ3v) is 3.55. The molecule has 2 nitrogen and oxygen atoms in total. The first-order chi connectivity index (χ1) is 6.79. The number of ether oxygens (including phenoxy) is 1. The van der Waals surface area contributed by atoms with Gasteiger partial charge in [-0.15, -0.1) is 0 Å². The van der Waals surface area contributed by atoms with Crippen LogP contribution < -0.4 is 4.90 Å². The predicted molar refractivity (Wildman–Crippen MR) is 61.9 cm³/mol. The van der Waals surface area contributed by atoms with Gasteiger partial charge in [0.1, 0.15) is 0 Å². The number of hydrogen-bond acceptors (Lipinski definition) is 2. The lowest BCUT2D eigenvalue weighted by Gasteiger charge is -2.30. The van der Waals surface area contributed by atoms with Gasteiger partial charge in [-0.05, 0) is 34.5 Å². The fourth-order valence-corrected chi connectivity index (χ4v) is 2.20. The molecular formula is C11H14BrNO. The van der Waals surface area contributed by atoms with Crippen LogP contribution in [-0.4, -0.2) is 26.3 Å². The van der Waals surface area contributed by atoms with Crippen LogP contribution in [0.25, 0.3) is 0 Å². The summed E-state index contributed by atoms with van der Waals surface area (Å²) in [6.45, 7) is 5.76. The van der Waals surface area contributed by atoms with Crippen LogP contribution in [0.5, 0.6) is 0 Å². The van der Waals surface area contributed by atoms with Crippen LogP contribution in [0.3, 0.4) is 0 Å². The highest BCUT2D eigenvalue weighted by Crippen LogP contribution is 2.29. The van der Waals surface area contributed by atoms with Crippen molar-refractivity contribution < 1.29 is 4.74 Å². The minimum Gasteiger partial charge on any atom is -0.378 e. The average molecular weight is 256 g/mol. The van der Waals surface area contributed by atoms with E-state index in [1.807, 2.05) is 0 Å². The number of nitrogens with zero attached hydrogens (tertiary/aromatic N) is 1. The Bertz CT molecular complexity index is 321. The van der Waals surface area contributed by atoms with E-state index in [1.165, 1.54) is 15.7 Å². The molecule has 2 rings (SSSR count). The van der Waals surface area contributed by atoms with Gasteiger partial charge in [0.05, 0.1) is 18.9 Å². The molecule has 1 aliphatic rings. The van der Waals surface area contributed by atoms with Gasteiger partial charge in [0.25, 0.3) is 0 Å². The second-order valence-electron chi connectivity index (χ2n) is 3.51. The van der Waals surface area contributed by atoms with Crippen molar-refractivity contribution in [2.45, 2.75) is 6.92 Å². The number of benzene rings is 1. The van der Waals surface area contributed by atoms with E-state index in [1.54, 1.807) is 0 Å². The minimum atomic E-state index is 0.834. The van der Waals surface area contributed by atoms with Gasteiger partial charge in [-0.3, -0.25) is 0 Å². The van der Waals surface area contributed by atoms with Crippen molar-refractivity contribution in [3.05, 3.63) is 28.2 Å². The van der Waals surface area contributed by atoms with E-state index in [0.717, 1.165) is 26.3 Å². The van der Waals surface area contributed by atoms with Crippen LogP contribution in [0, 0.1) is 6.92 Å². The van der Waals surface area contributed by atoms with Crippen molar-refractivity contribution in [3.63, 3.8) is 0 Å². The molecule has 76 valence electrons. The highest BCUT2D eigenvalue weighted by Gasteiger charge is 2.14. The monoisotopic (exact) mass is 255 g/mol. The molecule has 0 aromatic heterocycles. The molecule has 1 aromatic rings. The Morgan fingerprint density at radius 1 is 1.29 bits per heavy atom. The van der Waals surface area contributed by atoms with Crippen LogP contribution in [0.2, 0.25) is 0 Å². The molecule has 0 unspecified atom stereocenters. The molecule has 1 aromatic carbocycles. The molecule has 0 radical (unpaired) electrons. The fraction of sp³-hybridized carbons (Fsp3) is 0.455. The molecule has 14 heavy (non-hydrogen) atoms. The van der Waals surface area contributed by atoms with Crippen molar-refractivity contribution in [2.24, 2.45) is 0 Å². The van der Waals surface area contributed by atoms with Gasteiger partial charge in [0.15, 0.2) is 0 Å². The molecule has 0 bridgehead atoms. The Kier molecular flexibility index (Phi) is 3.08. The lowest BCUT2D eigenvalue weighted by Crippen LogP contribution is -2.36. The Morgan fingerprint density at radius 2 is 2.00 bits per heavy atom. The smallest absolute Gasteiger partial charge is 0.0642 e. The zero-order valence-electron chi connectivity index (χ0n) is 8.29. The van der Waals surface area contributed by atoms with E-state index in [9.17, 15) is 0 Å². The SMILES string of the molecule is Cc1cccc(N2CCOCC2)c1Br. The maximum absolute atomic E-state index is 5.33. The van der Waals surface area contributed by atoms with Crippen molar-refractivity contribution in [3.8, 4) is 0 Å². The van der Waals surface area contributed by atoms with E-state index < -0.39 is 0 Å². The first kappa shape index (κ1) is 9.99. The van der Waals surface area contributed by atoms with E-state index in [0.29, 0.717) is 0 Å². The van der Waals surface area contributed by atoms with Crippen LogP contribution in [-0.2, 0) is 4.74 Å². The van der Waals surface area contributed by atoms with Gasteiger partial charge in [0, 0.05) is 17.6 Å². The van der Waals surface area contributed by atoms with Crippen molar-refractivity contribution >= 4 is 21.6 Å². The summed E-state index contributed by atoms with van der Waals surface area (Å²) in [5, 5.41) is 0. The Labute approximate surface area is 93.0 Å². The van der Waals surface area contributed by atoms with E-state index in [4.69, 9.17) is 4.74 Å². The molecule has 0 spiro atoms. The molecule has 0 saturated carbocycles. The second-order valence-corrected chi connectivity index (χ2v) is 4.30. The Morgan fingerprint density at radius 3 is 2.71 bits per heavy atom. The Balaban J connectivity index is 2.26. The maximum Gasteiger partial charge on any atom is 0.0642 e. The average Bonchev–Trinajstić information content (AvgIpc) is 2.23. The number of morpholine rings is 1. The molecule has 3 heteroatoms. The molecule has 1 fully saturated rings. The number of halogens is 1. The summed E-state index contributed by atoms with van der Waals surface area (Å²) in [4.78, 5) is 2.36. The quantitative estimate of drug-likeness (QED) is 0.765. The van der Waals surface area contributed by atoms with Gasteiger partial charge < -0.3 is 9.64 Å². The van der Waals surface area contributed by atoms with Crippen LogP contribution in [0.1, 0.15) is 5.56 Å². The third-order valence-electron chi connectivity index (χ3n) is 2.52. The number of anilines is 1. The van der Waals surface area contributed by atoms with Gasteiger partial charge in [-0.25, -0.2) is 0 Å². The van der Waals surface area contributed by atoms with Gasteiger partial charge in [-0.1, -0.05) is 12.1 Å². The molecule has 0 aliphatic carbocycles. The molecule has 0 amide bonds.